The van der Waals surface area contributed by atoms with E-state index in [-0.39, 0.29) is 17.4 Å². The minimum atomic E-state index is -0.522. The molecule has 214 valence electrons. The number of carbonyl (C=O) groups excluding carboxylic acids is 3. The van der Waals surface area contributed by atoms with Crippen molar-refractivity contribution in [2.45, 2.75) is 4.90 Å². The maximum atomic E-state index is 13.3. The summed E-state index contributed by atoms with van der Waals surface area (Å²) in [7, 11) is 2.97. The van der Waals surface area contributed by atoms with E-state index in [4.69, 9.17) is 21.1 Å². The summed E-state index contributed by atoms with van der Waals surface area (Å²) < 4.78 is 10.5. The van der Waals surface area contributed by atoms with Gasteiger partial charge in [0.15, 0.2) is 0 Å². The SMILES string of the molecule is COc1cc(OC)c(NC(=O)CSc2cccc(NC(=O)/C(=C/c3cccnc3)NC(=O)c3ccccc3)c2)cc1Cl. The summed E-state index contributed by atoms with van der Waals surface area (Å²) in [6.07, 6.45) is 4.75. The van der Waals surface area contributed by atoms with Gasteiger partial charge in [-0.15, -0.1) is 11.8 Å². The fourth-order valence-electron chi connectivity index (χ4n) is 3.73. The van der Waals surface area contributed by atoms with Gasteiger partial charge in [0.1, 0.15) is 17.2 Å². The Morgan fingerprint density at radius 3 is 2.40 bits per heavy atom. The van der Waals surface area contributed by atoms with Crippen LogP contribution in [-0.4, -0.2) is 42.7 Å². The largest absolute Gasteiger partial charge is 0.495 e. The molecule has 0 saturated heterocycles. The Bertz CT molecular complexity index is 1600. The molecular weight excluding hydrogens is 576 g/mol. The molecule has 4 aromatic rings. The average Bonchev–Trinajstić information content (AvgIpc) is 3.01. The molecule has 42 heavy (non-hydrogen) atoms. The van der Waals surface area contributed by atoms with Crippen LogP contribution in [0.5, 0.6) is 11.5 Å². The third-order valence-electron chi connectivity index (χ3n) is 5.73. The number of anilines is 2. The van der Waals surface area contributed by atoms with Crippen LogP contribution in [0.25, 0.3) is 6.08 Å². The molecule has 3 N–H and O–H groups in total. The van der Waals surface area contributed by atoms with Crippen molar-refractivity contribution >= 4 is 58.5 Å². The maximum absolute atomic E-state index is 13.3. The van der Waals surface area contributed by atoms with Gasteiger partial charge in [0, 0.05) is 34.6 Å². The van der Waals surface area contributed by atoms with Gasteiger partial charge < -0.3 is 25.4 Å². The topological polar surface area (TPSA) is 119 Å². The molecule has 9 nitrogen and oxygen atoms in total. The van der Waals surface area contributed by atoms with Crippen molar-refractivity contribution in [3.8, 4) is 11.5 Å². The lowest BCUT2D eigenvalue weighted by Gasteiger charge is -2.13. The van der Waals surface area contributed by atoms with Crippen molar-refractivity contribution in [2.75, 3.05) is 30.6 Å². The Morgan fingerprint density at radius 1 is 0.905 bits per heavy atom. The lowest BCUT2D eigenvalue weighted by atomic mass is 10.2. The van der Waals surface area contributed by atoms with Crippen LogP contribution in [0.15, 0.2) is 102 Å². The van der Waals surface area contributed by atoms with Gasteiger partial charge in [-0.3, -0.25) is 19.4 Å². The number of thioether (sulfide) groups is 1. The van der Waals surface area contributed by atoms with Gasteiger partial charge in [-0.25, -0.2) is 0 Å². The van der Waals surface area contributed by atoms with Crippen molar-refractivity contribution in [2.24, 2.45) is 0 Å². The summed E-state index contributed by atoms with van der Waals surface area (Å²) in [6.45, 7) is 0. The summed E-state index contributed by atoms with van der Waals surface area (Å²) >= 11 is 7.48. The highest BCUT2D eigenvalue weighted by Gasteiger charge is 2.16. The minimum Gasteiger partial charge on any atom is -0.495 e. The van der Waals surface area contributed by atoms with Gasteiger partial charge in [0.05, 0.1) is 30.7 Å². The summed E-state index contributed by atoms with van der Waals surface area (Å²) in [4.78, 5) is 43.6. The quantitative estimate of drug-likeness (QED) is 0.145. The van der Waals surface area contributed by atoms with Crippen LogP contribution in [0.2, 0.25) is 5.02 Å². The number of hydrogen-bond acceptors (Lipinski definition) is 7. The second-order valence-corrected chi connectivity index (χ2v) is 10.1. The molecule has 0 aliphatic carbocycles. The second kappa shape index (κ2) is 14.7. The first-order valence-electron chi connectivity index (χ1n) is 12.6. The highest BCUT2D eigenvalue weighted by molar-refractivity contribution is 8.00. The molecule has 0 fully saturated rings. The van der Waals surface area contributed by atoms with E-state index in [0.29, 0.717) is 39.0 Å². The monoisotopic (exact) mass is 602 g/mol. The zero-order chi connectivity index (χ0) is 29.9. The summed E-state index contributed by atoms with van der Waals surface area (Å²) in [5.41, 5.74) is 2.00. The lowest BCUT2D eigenvalue weighted by Crippen LogP contribution is -2.30. The van der Waals surface area contributed by atoms with E-state index < -0.39 is 11.8 Å². The predicted molar refractivity (Wildman–Crippen MR) is 165 cm³/mol. The van der Waals surface area contributed by atoms with Gasteiger partial charge in [0.2, 0.25) is 5.91 Å². The van der Waals surface area contributed by atoms with Gasteiger partial charge in [0.25, 0.3) is 11.8 Å². The fraction of sp³-hybridized carbons (Fsp3) is 0.0968. The van der Waals surface area contributed by atoms with Crippen molar-refractivity contribution in [3.63, 3.8) is 0 Å². The Hall–Kier alpha value is -4.80. The Morgan fingerprint density at radius 2 is 1.69 bits per heavy atom. The lowest BCUT2D eigenvalue weighted by molar-refractivity contribution is -0.114. The number of aromatic nitrogens is 1. The molecule has 0 radical (unpaired) electrons. The number of methoxy groups -OCH3 is 2. The predicted octanol–water partition coefficient (Wildman–Crippen LogP) is 5.89. The van der Waals surface area contributed by atoms with E-state index in [1.54, 1.807) is 91.3 Å². The Balaban J connectivity index is 1.43. The highest BCUT2D eigenvalue weighted by Crippen LogP contribution is 2.36. The van der Waals surface area contributed by atoms with Crippen molar-refractivity contribution in [3.05, 3.63) is 113 Å². The van der Waals surface area contributed by atoms with Gasteiger partial charge in [-0.2, -0.15) is 0 Å². The van der Waals surface area contributed by atoms with Crippen LogP contribution in [-0.2, 0) is 9.59 Å². The third-order valence-corrected chi connectivity index (χ3v) is 7.02. The molecule has 0 atom stereocenters. The molecule has 3 amide bonds. The second-order valence-electron chi connectivity index (χ2n) is 8.67. The zero-order valence-corrected chi connectivity index (χ0v) is 24.3. The van der Waals surface area contributed by atoms with Gasteiger partial charge in [-0.05, 0) is 54.1 Å². The molecule has 11 heteroatoms. The average molecular weight is 603 g/mol. The molecule has 0 aliphatic heterocycles. The number of nitrogens with zero attached hydrogens (tertiary/aromatic N) is 1. The van der Waals surface area contributed by atoms with E-state index in [9.17, 15) is 14.4 Å². The molecule has 0 unspecified atom stereocenters. The molecule has 1 heterocycles. The molecule has 4 rings (SSSR count). The summed E-state index contributed by atoms with van der Waals surface area (Å²) in [5.74, 6) is -0.299. The zero-order valence-electron chi connectivity index (χ0n) is 22.7. The van der Waals surface area contributed by atoms with Crippen molar-refractivity contribution < 1.29 is 23.9 Å². The molecule has 0 spiro atoms. The molecule has 0 saturated carbocycles. The number of amides is 3. The van der Waals surface area contributed by atoms with E-state index in [1.807, 2.05) is 6.07 Å². The number of nitrogens with one attached hydrogen (secondary N) is 3. The van der Waals surface area contributed by atoms with Crippen LogP contribution in [0.3, 0.4) is 0 Å². The number of hydrogen-bond donors (Lipinski definition) is 3. The molecule has 0 aliphatic rings. The number of carbonyl (C=O) groups is 3. The molecule has 3 aromatic carbocycles. The highest BCUT2D eigenvalue weighted by atomic mass is 35.5. The number of ether oxygens (including phenoxy) is 2. The number of pyridine rings is 1. The van der Waals surface area contributed by atoms with Crippen LogP contribution >= 0.6 is 23.4 Å². The molecule has 0 bridgehead atoms. The van der Waals surface area contributed by atoms with E-state index in [0.717, 1.165) is 4.90 Å². The van der Waals surface area contributed by atoms with Crippen LogP contribution in [0.1, 0.15) is 15.9 Å². The standard InChI is InChI=1S/C31H27ClN4O5S/c1-40-27-17-28(41-2)25(16-24(27)32)35-29(37)19-42-23-12-6-11-22(15-23)34-31(39)26(14-20-8-7-13-33-18-20)36-30(38)21-9-4-3-5-10-21/h3-18H,19H2,1-2H3,(H,34,39)(H,35,37)(H,36,38)/b26-14-. The number of benzene rings is 3. The minimum absolute atomic E-state index is 0.0430. The summed E-state index contributed by atoms with van der Waals surface area (Å²) in [6, 6.07) is 22.3. The summed E-state index contributed by atoms with van der Waals surface area (Å²) in [5, 5.41) is 8.64. The number of rotatable bonds is 11. The van der Waals surface area contributed by atoms with Crippen LogP contribution in [0, 0.1) is 0 Å². The normalized spacial score (nSPS) is 10.9. The smallest absolute Gasteiger partial charge is 0.272 e. The number of halogens is 1. The van der Waals surface area contributed by atoms with Crippen LogP contribution < -0.4 is 25.4 Å². The van der Waals surface area contributed by atoms with Crippen LogP contribution in [0.4, 0.5) is 11.4 Å². The first kappa shape index (κ1) is 30.2. The van der Waals surface area contributed by atoms with E-state index >= 15 is 0 Å². The first-order valence-corrected chi connectivity index (χ1v) is 14.0. The molecular formula is C31H27ClN4O5S. The fourth-order valence-corrected chi connectivity index (χ4v) is 4.72. The van der Waals surface area contributed by atoms with Crippen molar-refractivity contribution in [1.29, 1.82) is 0 Å². The van der Waals surface area contributed by atoms with Crippen molar-refractivity contribution in [1.82, 2.24) is 10.3 Å². The third kappa shape index (κ3) is 8.35. The first-order chi connectivity index (χ1) is 20.4. The van der Waals surface area contributed by atoms with Gasteiger partial charge in [-0.1, -0.05) is 41.9 Å². The van der Waals surface area contributed by atoms with E-state index in [2.05, 4.69) is 20.9 Å². The van der Waals surface area contributed by atoms with E-state index in [1.165, 1.54) is 26.0 Å². The molecule has 1 aromatic heterocycles. The Kier molecular flexibility index (Phi) is 10.6. The Labute approximate surface area is 252 Å². The maximum Gasteiger partial charge on any atom is 0.272 e. The van der Waals surface area contributed by atoms with Gasteiger partial charge >= 0.3 is 0 Å².